The third-order valence-corrected chi connectivity index (χ3v) is 3.85. The highest BCUT2D eigenvalue weighted by molar-refractivity contribution is 5.99. The van der Waals surface area contributed by atoms with Crippen LogP contribution in [-0.4, -0.2) is 37.1 Å². The monoisotopic (exact) mass is 380 g/mol. The molecule has 2 aromatic rings. The molecule has 0 aromatic heterocycles. The number of rotatable bonds is 4. The number of nitrogens with one attached hydrogen (secondary N) is 1. The summed E-state index contributed by atoms with van der Waals surface area (Å²) in [6.07, 6.45) is -4.60. The van der Waals surface area contributed by atoms with Crippen LogP contribution in [0.5, 0.6) is 11.5 Å². The Kier molecular flexibility index (Phi) is 4.93. The summed E-state index contributed by atoms with van der Waals surface area (Å²) in [6, 6.07) is 9.21. The van der Waals surface area contributed by atoms with Crippen LogP contribution in [0.2, 0.25) is 0 Å². The number of anilines is 1. The minimum absolute atomic E-state index is 0.0594. The van der Waals surface area contributed by atoms with Gasteiger partial charge in [0.1, 0.15) is 0 Å². The molecule has 1 N–H and O–H groups in total. The van der Waals surface area contributed by atoms with Crippen molar-refractivity contribution in [2.24, 2.45) is 0 Å². The molecular formula is C18H15F3N2O4. The fraction of sp³-hybridized carbons (Fsp3) is 0.222. The van der Waals surface area contributed by atoms with Crippen molar-refractivity contribution in [2.45, 2.75) is 6.18 Å². The lowest BCUT2D eigenvalue weighted by Crippen LogP contribution is -2.35. The van der Waals surface area contributed by atoms with Gasteiger partial charge in [-0.2, -0.15) is 13.2 Å². The maximum absolute atomic E-state index is 13.0. The largest absolute Gasteiger partial charge is 0.454 e. The lowest BCUT2D eigenvalue weighted by molar-refractivity contribution is -0.137. The standard InChI is InChI=1S/C18H15F3N2O4/c1-23(17(25)11-6-7-14-15(8-11)27-10-26-14)9-16(24)22-13-5-3-2-4-12(13)18(19,20)21/h2-8H,9-10H2,1H3,(H,22,24). The van der Waals surface area contributed by atoms with E-state index in [1.807, 2.05) is 0 Å². The Bertz CT molecular complexity index is 883. The Morgan fingerprint density at radius 3 is 2.56 bits per heavy atom. The second kappa shape index (κ2) is 7.18. The molecule has 0 fully saturated rings. The molecule has 142 valence electrons. The Morgan fingerprint density at radius 2 is 1.81 bits per heavy atom. The predicted octanol–water partition coefficient (Wildman–Crippen LogP) is 3.14. The van der Waals surface area contributed by atoms with Gasteiger partial charge in [0.15, 0.2) is 11.5 Å². The number of hydrogen-bond donors (Lipinski definition) is 1. The van der Waals surface area contributed by atoms with Crippen molar-refractivity contribution in [3.63, 3.8) is 0 Å². The zero-order valence-electron chi connectivity index (χ0n) is 14.2. The number of likely N-dealkylation sites (N-methyl/N-ethyl adjacent to an activating group) is 1. The smallest absolute Gasteiger partial charge is 0.418 e. The summed E-state index contributed by atoms with van der Waals surface area (Å²) in [4.78, 5) is 25.6. The molecule has 9 heteroatoms. The van der Waals surface area contributed by atoms with Crippen LogP contribution in [0.1, 0.15) is 15.9 Å². The van der Waals surface area contributed by atoms with E-state index in [1.54, 1.807) is 6.07 Å². The number of nitrogens with zero attached hydrogens (tertiary/aromatic N) is 1. The van der Waals surface area contributed by atoms with E-state index in [9.17, 15) is 22.8 Å². The second-order valence-electron chi connectivity index (χ2n) is 5.82. The highest BCUT2D eigenvalue weighted by Crippen LogP contribution is 2.35. The summed E-state index contributed by atoms with van der Waals surface area (Å²) in [5.41, 5.74) is -1.05. The predicted molar refractivity (Wildman–Crippen MR) is 89.6 cm³/mol. The van der Waals surface area contributed by atoms with Crippen LogP contribution in [0, 0.1) is 0 Å². The first-order valence-electron chi connectivity index (χ1n) is 7.87. The second-order valence-corrected chi connectivity index (χ2v) is 5.82. The van der Waals surface area contributed by atoms with Crippen molar-refractivity contribution in [1.82, 2.24) is 4.90 Å². The minimum atomic E-state index is -4.60. The molecule has 0 unspecified atom stereocenters. The normalized spacial score (nSPS) is 12.6. The molecule has 27 heavy (non-hydrogen) atoms. The highest BCUT2D eigenvalue weighted by atomic mass is 19.4. The topological polar surface area (TPSA) is 67.9 Å². The summed E-state index contributed by atoms with van der Waals surface area (Å²) >= 11 is 0. The molecule has 1 heterocycles. The molecule has 0 saturated heterocycles. The van der Waals surface area contributed by atoms with Crippen molar-refractivity contribution < 1.29 is 32.2 Å². The SMILES string of the molecule is CN(CC(=O)Nc1ccccc1C(F)(F)F)C(=O)c1ccc2c(c1)OCO2. The third-order valence-electron chi connectivity index (χ3n) is 3.85. The Hall–Kier alpha value is -3.23. The first kappa shape index (κ1) is 18.6. The summed E-state index contributed by atoms with van der Waals surface area (Å²) < 4.78 is 49.3. The van der Waals surface area contributed by atoms with Crippen LogP contribution < -0.4 is 14.8 Å². The van der Waals surface area contributed by atoms with E-state index < -0.39 is 30.1 Å². The van der Waals surface area contributed by atoms with Crippen LogP contribution in [0.3, 0.4) is 0 Å². The lowest BCUT2D eigenvalue weighted by Gasteiger charge is -2.18. The van der Waals surface area contributed by atoms with Gasteiger partial charge in [-0.25, -0.2) is 0 Å². The number of ether oxygens (including phenoxy) is 2. The van der Waals surface area contributed by atoms with Crippen LogP contribution in [-0.2, 0) is 11.0 Å². The summed E-state index contributed by atoms with van der Waals surface area (Å²) in [5, 5.41) is 2.20. The molecule has 0 aliphatic carbocycles. The molecule has 0 atom stereocenters. The molecule has 0 radical (unpaired) electrons. The molecule has 2 aromatic carbocycles. The van der Waals surface area contributed by atoms with E-state index in [2.05, 4.69) is 5.32 Å². The maximum Gasteiger partial charge on any atom is 0.418 e. The fourth-order valence-electron chi connectivity index (χ4n) is 2.57. The fourth-order valence-corrected chi connectivity index (χ4v) is 2.57. The van der Waals surface area contributed by atoms with Crippen molar-refractivity contribution in [3.8, 4) is 11.5 Å². The summed E-state index contributed by atoms with van der Waals surface area (Å²) in [7, 11) is 1.38. The van der Waals surface area contributed by atoms with E-state index in [-0.39, 0.29) is 18.0 Å². The zero-order chi connectivity index (χ0) is 19.6. The number of alkyl halides is 3. The Morgan fingerprint density at radius 1 is 1.11 bits per heavy atom. The van der Waals surface area contributed by atoms with Gasteiger partial charge >= 0.3 is 6.18 Å². The van der Waals surface area contributed by atoms with Gasteiger partial charge in [-0.3, -0.25) is 9.59 Å². The minimum Gasteiger partial charge on any atom is -0.454 e. The molecule has 0 bridgehead atoms. The average Bonchev–Trinajstić information content (AvgIpc) is 3.08. The Balaban J connectivity index is 1.67. The van der Waals surface area contributed by atoms with E-state index in [0.29, 0.717) is 11.5 Å². The number of halogens is 3. The van der Waals surface area contributed by atoms with Crippen molar-refractivity contribution in [3.05, 3.63) is 53.6 Å². The molecular weight excluding hydrogens is 365 g/mol. The number of para-hydroxylation sites is 1. The van der Waals surface area contributed by atoms with Gasteiger partial charge in [-0.05, 0) is 30.3 Å². The summed E-state index contributed by atoms with van der Waals surface area (Å²) in [5.74, 6) is -0.302. The van der Waals surface area contributed by atoms with Crippen LogP contribution >= 0.6 is 0 Å². The van der Waals surface area contributed by atoms with Gasteiger partial charge in [0.2, 0.25) is 12.7 Å². The van der Waals surface area contributed by atoms with Crippen LogP contribution in [0.25, 0.3) is 0 Å². The number of carbonyl (C=O) groups excluding carboxylic acids is 2. The summed E-state index contributed by atoms with van der Waals surface area (Å²) in [6.45, 7) is -0.358. The van der Waals surface area contributed by atoms with Crippen molar-refractivity contribution in [2.75, 3.05) is 25.7 Å². The van der Waals surface area contributed by atoms with E-state index in [4.69, 9.17) is 9.47 Å². The van der Waals surface area contributed by atoms with Crippen LogP contribution in [0.4, 0.5) is 18.9 Å². The highest BCUT2D eigenvalue weighted by Gasteiger charge is 2.33. The molecule has 1 aliphatic rings. The maximum atomic E-state index is 13.0. The van der Waals surface area contributed by atoms with Crippen molar-refractivity contribution in [1.29, 1.82) is 0 Å². The van der Waals surface area contributed by atoms with Gasteiger partial charge < -0.3 is 19.7 Å². The molecule has 0 saturated carbocycles. The number of fused-ring (bicyclic) bond motifs is 1. The van der Waals surface area contributed by atoms with Crippen LogP contribution in [0.15, 0.2) is 42.5 Å². The lowest BCUT2D eigenvalue weighted by atomic mass is 10.1. The number of amides is 2. The van der Waals surface area contributed by atoms with E-state index >= 15 is 0 Å². The molecule has 1 aliphatic heterocycles. The van der Waals surface area contributed by atoms with Gasteiger partial charge in [-0.1, -0.05) is 12.1 Å². The first-order chi connectivity index (χ1) is 12.8. The first-order valence-corrected chi connectivity index (χ1v) is 7.87. The average molecular weight is 380 g/mol. The van der Waals surface area contributed by atoms with Gasteiger partial charge in [0.25, 0.3) is 5.91 Å². The van der Waals surface area contributed by atoms with Gasteiger partial charge in [0.05, 0.1) is 17.8 Å². The number of hydrogen-bond acceptors (Lipinski definition) is 4. The van der Waals surface area contributed by atoms with Gasteiger partial charge in [-0.15, -0.1) is 0 Å². The quantitative estimate of drug-likeness (QED) is 0.885. The van der Waals surface area contributed by atoms with E-state index in [1.165, 1.54) is 31.3 Å². The van der Waals surface area contributed by atoms with Gasteiger partial charge in [0, 0.05) is 12.6 Å². The molecule has 2 amide bonds. The molecule has 0 spiro atoms. The van der Waals surface area contributed by atoms with Crippen molar-refractivity contribution >= 4 is 17.5 Å². The number of benzene rings is 2. The third kappa shape index (κ3) is 4.13. The van der Waals surface area contributed by atoms with E-state index in [0.717, 1.165) is 17.0 Å². The molecule has 6 nitrogen and oxygen atoms in total. The molecule has 3 rings (SSSR count). The number of carbonyl (C=O) groups is 2. The zero-order valence-corrected chi connectivity index (χ0v) is 14.2. The Labute approximate surface area is 152 Å².